The predicted molar refractivity (Wildman–Crippen MR) is 108 cm³/mol. The van der Waals surface area contributed by atoms with Gasteiger partial charge in [0.15, 0.2) is 11.5 Å². The summed E-state index contributed by atoms with van der Waals surface area (Å²) in [6.07, 6.45) is 0. The van der Waals surface area contributed by atoms with Crippen LogP contribution < -0.4 is 20.1 Å². The van der Waals surface area contributed by atoms with E-state index in [1.165, 1.54) is 20.3 Å². The van der Waals surface area contributed by atoms with Crippen LogP contribution in [-0.2, 0) is 6.54 Å². The maximum absolute atomic E-state index is 13.8. The van der Waals surface area contributed by atoms with Gasteiger partial charge in [-0.25, -0.2) is 14.4 Å². The average molecular weight is 396 g/mol. The number of rotatable bonds is 7. The van der Waals surface area contributed by atoms with E-state index in [0.29, 0.717) is 28.4 Å². The summed E-state index contributed by atoms with van der Waals surface area (Å²) in [5.41, 5.74) is 1.80. The van der Waals surface area contributed by atoms with E-state index in [-0.39, 0.29) is 24.0 Å². The number of methoxy groups -OCH3 is 2. The van der Waals surface area contributed by atoms with Crippen molar-refractivity contribution < 1.29 is 18.7 Å². The third kappa shape index (κ3) is 4.98. The number of hydrogen-bond acceptors (Lipinski definition) is 6. The molecular weight excluding hydrogens is 375 g/mol. The molecule has 0 aliphatic heterocycles. The third-order valence-corrected chi connectivity index (χ3v) is 4.12. The number of aryl methyl sites for hydroxylation is 1. The highest BCUT2D eigenvalue weighted by Gasteiger charge is 2.13. The highest BCUT2D eigenvalue weighted by molar-refractivity contribution is 6.03. The molecular formula is C21H21FN4O3. The minimum atomic E-state index is -0.406. The van der Waals surface area contributed by atoms with Crippen LogP contribution in [0.15, 0.2) is 48.5 Å². The highest BCUT2D eigenvalue weighted by Crippen LogP contribution is 2.29. The van der Waals surface area contributed by atoms with E-state index in [1.807, 2.05) is 0 Å². The van der Waals surface area contributed by atoms with Crippen LogP contribution in [0.1, 0.15) is 21.7 Å². The summed E-state index contributed by atoms with van der Waals surface area (Å²) in [6, 6.07) is 13.1. The van der Waals surface area contributed by atoms with Crippen LogP contribution in [0.3, 0.4) is 0 Å². The maximum atomic E-state index is 13.8. The number of ether oxygens (including phenoxy) is 2. The molecule has 0 saturated heterocycles. The normalized spacial score (nSPS) is 10.3. The van der Waals surface area contributed by atoms with Gasteiger partial charge in [-0.05, 0) is 31.2 Å². The van der Waals surface area contributed by atoms with Gasteiger partial charge in [-0.3, -0.25) is 4.79 Å². The first-order valence-electron chi connectivity index (χ1n) is 8.86. The van der Waals surface area contributed by atoms with Crippen molar-refractivity contribution >= 4 is 17.5 Å². The molecule has 150 valence electrons. The van der Waals surface area contributed by atoms with E-state index in [4.69, 9.17) is 9.47 Å². The molecule has 3 aromatic rings. The second-order valence-corrected chi connectivity index (χ2v) is 6.19. The van der Waals surface area contributed by atoms with Crippen LogP contribution >= 0.6 is 0 Å². The van der Waals surface area contributed by atoms with Gasteiger partial charge in [0.25, 0.3) is 5.91 Å². The lowest BCUT2D eigenvalue weighted by Crippen LogP contribution is -2.16. The molecule has 1 aromatic heterocycles. The van der Waals surface area contributed by atoms with E-state index in [0.717, 1.165) is 0 Å². The molecule has 0 fully saturated rings. The largest absolute Gasteiger partial charge is 0.493 e. The topological polar surface area (TPSA) is 85.4 Å². The Morgan fingerprint density at radius 3 is 2.52 bits per heavy atom. The molecule has 7 nitrogen and oxygen atoms in total. The molecule has 0 atom stereocenters. The smallest absolute Gasteiger partial charge is 0.274 e. The fourth-order valence-electron chi connectivity index (χ4n) is 2.69. The molecule has 3 rings (SSSR count). The third-order valence-electron chi connectivity index (χ3n) is 4.12. The van der Waals surface area contributed by atoms with Gasteiger partial charge < -0.3 is 20.1 Å². The number of aromatic nitrogens is 2. The van der Waals surface area contributed by atoms with Crippen LogP contribution in [-0.4, -0.2) is 30.1 Å². The Labute approximate surface area is 167 Å². The SMILES string of the molecule is COc1ccc(NC(=O)c2cc(C)nc(NCc3ccccc3F)n2)cc1OC. The number of benzene rings is 2. The minimum Gasteiger partial charge on any atom is -0.493 e. The number of carbonyl (C=O) groups is 1. The molecule has 0 radical (unpaired) electrons. The lowest BCUT2D eigenvalue weighted by atomic mass is 10.2. The van der Waals surface area contributed by atoms with Gasteiger partial charge in [0.2, 0.25) is 5.95 Å². The summed E-state index contributed by atoms with van der Waals surface area (Å²) < 4.78 is 24.2. The molecule has 2 N–H and O–H groups in total. The molecule has 2 aromatic carbocycles. The first-order valence-corrected chi connectivity index (χ1v) is 8.86. The number of nitrogens with one attached hydrogen (secondary N) is 2. The Hall–Kier alpha value is -3.68. The van der Waals surface area contributed by atoms with Crippen LogP contribution in [0.2, 0.25) is 0 Å². The summed E-state index contributed by atoms with van der Waals surface area (Å²) in [4.78, 5) is 21.1. The molecule has 8 heteroatoms. The standard InChI is InChI=1S/C21H21FN4O3/c1-13-10-17(20(27)25-15-8-9-18(28-2)19(11-15)29-3)26-21(24-13)23-12-14-6-4-5-7-16(14)22/h4-11H,12H2,1-3H3,(H,25,27)(H,23,24,26). The zero-order chi connectivity index (χ0) is 20.8. The number of anilines is 2. The Balaban J connectivity index is 1.75. The molecule has 0 aliphatic rings. The summed E-state index contributed by atoms with van der Waals surface area (Å²) in [5, 5.41) is 5.73. The summed E-state index contributed by atoms with van der Waals surface area (Å²) in [7, 11) is 3.06. The van der Waals surface area contributed by atoms with Gasteiger partial charge in [0.1, 0.15) is 11.5 Å². The average Bonchev–Trinajstić information content (AvgIpc) is 2.72. The van der Waals surface area contributed by atoms with E-state index in [9.17, 15) is 9.18 Å². The minimum absolute atomic E-state index is 0.184. The van der Waals surface area contributed by atoms with Gasteiger partial charge in [-0.2, -0.15) is 0 Å². The van der Waals surface area contributed by atoms with Gasteiger partial charge in [0, 0.05) is 29.6 Å². The van der Waals surface area contributed by atoms with Gasteiger partial charge in [-0.15, -0.1) is 0 Å². The Morgan fingerprint density at radius 1 is 1.03 bits per heavy atom. The summed E-state index contributed by atoms with van der Waals surface area (Å²) in [5.74, 6) is 0.570. The van der Waals surface area contributed by atoms with Crippen molar-refractivity contribution in [2.24, 2.45) is 0 Å². The molecule has 0 aliphatic carbocycles. The zero-order valence-electron chi connectivity index (χ0n) is 16.3. The maximum Gasteiger partial charge on any atom is 0.274 e. The zero-order valence-corrected chi connectivity index (χ0v) is 16.3. The fourth-order valence-corrected chi connectivity index (χ4v) is 2.69. The van der Waals surface area contributed by atoms with Gasteiger partial charge in [-0.1, -0.05) is 18.2 Å². The van der Waals surface area contributed by atoms with Gasteiger partial charge >= 0.3 is 0 Å². The Kier molecular flexibility index (Phi) is 6.23. The van der Waals surface area contributed by atoms with Crippen LogP contribution in [0.5, 0.6) is 11.5 Å². The monoisotopic (exact) mass is 396 g/mol. The van der Waals surface area contributed by atoms with Crippen LogP contribution in [0.4, 0.5) is 16.0 Å². The van der Waals surface area contributed by atoms with Crippen molar-refractivity contribution in [2.75, 3.05) is 24.9 Å². The Morgan fingerprint density at radius 2 is 1.79 bits per heavy atom. The summed E-state index contributed by atoms with van der Waals surface area (Å²) in [6.45, 7) is 1.95. The number of nitrogens with zero attached hydrogens (tertiary/aromatic N) is 2. The second kappa shape index (κ2) is 9.01. The lowest BCUT2D eigenvalue weighted by Gasteiger charge is -2.11. The molecule has 1 amide bonds. The van der Waals surface area contributed by atoms with Crippen LogP contribution in [0.25, 0.3) is 0 Å². The van der Waals surface area contributed by atoms with E-state index < -0.39 is 5.91 Å². The first kappa shape index (κ1) is 20.1. The Bertz CT molecular complexity index is 1030. The second-order valence-electron chi connectivity index (χ2n) is 6.19. The van der Waals surface area contributed by atoms with Crippen molar-refractivity contribution in [3.63, 3.8) is 0 Å². The molecule has 1 heterocycles. The quantitative estimate of drug-likeness (QED) is 0.632. The molecule has 0 spiro atoms. The first-order chi connectivity index (χ1) is 14.0. The molecule has 0 unspecified atom stereocenters. The number of carbonyl (C=O) groups excluding carboxylic acids is 1. The van der Waals surface area contributed by atoms with Gasteiger partial charge in [0.05, 0.1) is 14.2 Å². The number of halogens is 1. The van der Waals surface area contributed by atoms with E-state index in [2.05, 4.69) is 20.6 Å². The van der Waals surface area contributed by atoms with E-state index >= 15 is 0 Å². The lowest BCUT2D eigenvalue weighted by molar-refractivity contribution is 0.102. The number of amides is 1. The van der Waals surface area contributed by atoms with Crippen molar-refractivity contribution in [3.05, 3.63) is 71.3 Å². The fraction of sp³-hybridized carbons (Fsp3) is 0.190. The van der Waals surface area contributed by atoms with Crippen molar-refractivity contribution in [3.8, 4) is 11.5 Å². The highest BCUT2D eigenvalue weighted by atomic mass is 19.1. The molecule has 29 heavy (non-hydrogen) atoms. The van der Waals surface area contributed by atoms with E-state index in [1.54, 1.807) is 49.4 Å². The van der Waals surface area contributed by atoms with Crippen molar-refractivity contribution in [1.29, 1.82) is 0 Å². The molecule has 0 saturated carbocycles. The van der Waals surface area contributed by atoms with Crippen molar-refractivity contribution in [1.82, 2.24) is 9.97 Å². The predicted octanol–water partition coefficient (Wildman–Crippen LogP) is 3.81. The number of hydrogen-bond donors (Lipinski definition) is 2. The summed E-state index contributed by atoms with van der Waals surface area (Å²) >= 11 is 0. The van der Waals surface area contributed by atoms with Crippen LogP contribution in [0, 0.1) is 12.7 Å². The molecule has 0 bridgehead atoms. The van der Waals surface area contributed by atoms with Crippen molar-refractivity contribution in [2.45, 2.75) is 13.5 Å².